The fourth-order valence-corrected chi connectivity index (χ4v) is 4.15. The molecule has 0 unspecified atom stereocenters. The van der Waals surface area contributed by atoms with Gasteiger partial charge in [-0.2, -0.15) is 0 Å². The van der Waals surface area contributed by atoms with Crippen LogP contribution in [0.1, 0.15) is 56.1 Å². The Morgan fingerprint density at radius 2 is 1.93 bits per heavy atom. The average molecular weight is 419 g/mol. The molecule has 1 saturated heterocycles. The highest BCUT2D eigenvalue weighted by Crippen LogP contribution is 2.34. The fraction of sp³-hybridized carbons (Fsp3) is 0.429. The normalized spacial score (nSPS) is 14.8. The third-order valence-electron chi connectivity index (χ3n) is 4.79. The summed E-state index contributed by atoms with van der Waals surface area (Å²) in [5.74, 6) is 0.505. The first kappa shape index (κ1) is 21.0. The van der Waals surface area contributed by atoms with Gasteiger partial charge in [-0.05, 0) is 55.5 Å². The molecular formula is C21H27ClN4OS. The number of aromatic nitrogens is 1. The minimum Gasteiger partial charge on any atom is -0.356 e. The van der Waals surface area contributed by atoms with Gasteiger partial charge in [0.25, 0.3) is 5.91 Å². The van der Waals surface area contributed by atoms with Crippen molar-refractivity contribution < 1.29 is 4.79 Å². The Morgan fingerprint density at radius 3 is 2.57 bits per heavy atom. The molecule has 0 aliphatic carbocycles. The van der Waals surface area contributed by atoms with Gasteiger partial charge in [0.15, 0.2) is 0 Å². The van der Waals surface area contributed by atoms with Crippen LogP contribution in [-0.4, -0.2) is 24.0 Å². The van der Waals surface area contributed by atoms with Crippen LogP contribution in [0, 0.1) is 0 Å². The van der Waals surface area contributed by atoms with Crippen molar-refractivity contribution in [1.82, 2.24) is 4.98 Å². The molecule has 0 spiro atoms. The van der Waals surface area contributed by atoms with Gasteiger partial charge in [-0.25, -0.2) is 4.98 Å². The van der Waals surface area contributed by atoms with E-state index in [4.69, 9.17) is 21.7 Å². The van der Waals surface area contributed by atoms with Crippen LogP contribution in [0.3, 0.4) is 0 Å². The van der Waals surface area contributed by atoms with Crippen molar-refractivity contribution in [2.24, 2.45) is 5.14 Å². The number of halogens is 1. The Labute approximate surface area is 176 Å². The summed E-state index contributed by atoms with van der Waals surface area (Å²) in [5.41, 5.74) is 1.81. The summed E-state index contributed by atoms with van der Waals surface area (Å²) < 4.78 is 0. The van der Waals surface area contributed by atoms with E-state index in [1.165, 1.54) is 6.42 Å². The topological polar surface area (TPSA) is 71.2 Å². The number of carbonyl (C=O) groups is 1. The second-order valence-corrected chi connectivity index (χ2v) is 9.20. The van der Waals surface area contributed by atoms with Crippen LogP contribution in [0.4, 0.5) is 11.5 Å². The first-order valence-corrected chi connectivity index (χ1v) is 10.8. The number of nitrogens with one attached hydrogen (secondary N) is 1. The first-order valence-electron chi connectivity index (χ1n) is 9.53. The number of hydrogen-bond donors (Lipinski definition) is 2. The predicted molar refractivity (Wildman–Crippen MR) is 118 cm³/mol. The van der Waals surface area contributed by atoms with Crippen molar-refractivity contribution in [2.45, 2.75) is 50.3 Å². The minimum atomic E-state index is -0.213. The van der Waals surface area contributed by atoms with Crippen LogP contribution < -0.4 is 15.4 Å². The smallest absolute Gasteiger partial charge is 0.259 e. The Bertz CT molecular complexity index is 860. The minimum absolute atomic E-state index is 0.205. The largest absolute Gasteiger partial charge is 0.356 e. The summed E-state index contributed by atoms with van der Waals surface area (Å²) in [4.78, 5) is 21.1. The van der Waals surface area contributed by atoms with Crippen LogP contribution >= 0.6 is 23.5 Å². The molecule has 1 aliphatic heterocycles. The highest BCUT2D eigenvalue weighted by molar-refractivity contribution is 7.97. The average Bonchev–Trinajstić information content (AvgIpc) is 2.67. The number of amides is 1. The number of nitrogens with zero attached hydrogens (tertiary/aromatic N) is 2. The van der Waals surface area contributed by atoms with Crippen LogP contribution in [0.5, 0.6) is 0 Å². The Kier molecular flexibility index (Phi) is 6.53. The van der Waals surface area contributed by atoms with Gasteiger partial charge in [-0.1, -0.05) is 38.4 Å². The standard InChI is InChI=1S/C21H27ClN4OS/c1-21(2,3)18-17(22)13-16(19(25-18)26-10-5-4-6-11-26)20(27)24-14-8-7-9-15(12-14)28-23/h7-9,12-13H,4-6,10-11,23H2,1-3H3,(H,24,27). The van der Waals surface area contributed by atoms with Gasteiger partial charge >= 0.3 is 0 Å². The molecule has 1 aromatic carbocycles. The van der Waals surface area contributed by atoms with E-state index in [0.29, 0.717) is 16.3 Å². The van der Waals surface area contributed by atoms with E-state index in [1.54, 1.807) is 6.07 Å². The summed E-state index contributed by atoms with van der Waals surface area (Å²) in [7, 11) is 0. The summed E-state index contributed by atoms with van der Waals surface area (Å²) in [5, 5.41) is 9.11. The maximum Gasteiger partial charge on any atom is 0.259 e. The van der Waals surface area contributed by atoms with Crippen molar-refractivity contribution in [1.29, 1.82) is 0 Å². The molecule has 1 amide bonds. The van der Waals surface area contributed by atoms with Gasteiger partial charge < -0.3 is 10.2 Å². The van der Waals surface area contributed by atoms with Gasteiger partial charge in [-0.3, -0.25) is 9.93 Å². The van der Waals surface area contributed by atoms with Crippen molar-refractivity contribution in [3.05, 3.63) is 46.6 Å². The lowest BCUT2D eigenvalue weighted by molar-refractivity contribution is 0.102. The molecule has 1 fully saturated rings. The Morgan fingerprint density at radius 1 is 1.21 bits per heavy atom. The summed E-state index contributed by atoms with van der Waals surface area (Å²) in [6.45, 7) is 8.04. The van der Waals surface area contributed by atoms with Gasteiger partial charge in [-0.15, -0.1) is 0 Å². The predicted octanol–water partition coefficient (Wildman–Crippen LogP) is 5.24. The lowest BCUT2D eigenvalue weighted by Gasteiger charge is -2.31. The van der Waals surface area contributed by atoms with Crippen molar-refractivity contribution in [2.75, 3.05) is 23.3 Å². The molecular weight excluding hydrogens is 392 g/mol. The monoisotopic (exact) mass is 418 g/mol. The zero-order chi connectivity index (χ0) is 20.3. The molecule has 28 heavy (non-hydrogen) atoms. The lowest BCUT2D eigenvalue weighted by atomic mass is 9.91. The SMILES string of the molecule is CC(C)(C)c1nc(N2CCCCC2)c(C(=O)Nc2cccc(SN)c2)cc1Cl. The number of nitrogens with two attached hydrogens (primary N) is 1. The van der Waals surface area contributed by atoms with Gasteiger partial charge in [0.1, 0.15) is 5.82 Å². The number of hydrogen-bond acceptors (Lipinski definition) is 5. The van der Waals surface area contributed by atoms with E-state index in [-0.39, 0.29) is 11.3 Å². The molecule has 0 atom stereocenters. The van der Waals surface area contributed by atoms with Crippen LogP contribution in [-0.2, 0) is 5.41 Å². The summed E-state index contributed by atoms with van der Waals surface area (Å²) >= 11 is 7.68. The maximum atomic E-state index is 13.1. The van der Waals surface area contributed by atoms with Gasteiger partial charge in [0.05, 0.1) is 16.3 Å². The third kappa shape index (κ3) is 4.80. The zero-order valence-electron chi connectivity index (χ0n) is 16.6. The van der Waals surface area contributed by atoms with E-state index in [0.717, 1.165) is 54.3 Å². The first-order chi connectivity index (χ1) is 13.3. The molecule has 1 aliphatic rings. The second-order valence-electron chi connectivity index (χ2n) is 8.09. The highest BCUT2D eigenvalue weighted by atomic mass is 35.5. The number of piperidine rings is 1. The van der Waals surface area contributed by atoms with Crippen molar-refractivity contribution in [3.8, 4) is 0 Å². The molecule has 5 nitrogen and oxygen atoms in total. The zero-order valence-corrected chi connectivity index (χ0v) is 18.2. The van der Waals surface area contributed by atoms with Crippen molar-refractivity contribution in [3.63, 3.8) is 0 Å². The van der Waals surface area contributed by atoms with Gasteiger partial charge in [0, 0.05) is 29.1 Å². The molecule has 1 aromatic heterocycles. The second kappa shape index (κ2) is 8.72. The third-order valence-corrected chi connectivity index (χ3v) is 5.61. The molecule has 2 heterocycles. The lowest BCUT2D eigenvalue weighted by Crippen LogP contribution is -2.33. The molecule has 3 rings (SSSR count). The van der Waals surface area contributed by atoms with E-state index < -0.39 is 0 Å². The quantitative estimate of drug-likeness (QED) is 0.664. The highest BCUT2D eigenvalue weighted by Gasteiger charge is 2.27. The Balaban J connectivity index is 1.99. The van der Waals surface area contributed by atoms with E-state index >= 15 is 0 Å². The number of carbonyl (C=O) groups excluding carboxylic acids is 1. The maximum absolute atomic E-state index is 13.1. The summed E-state index contributed by atoms with van der Waals surface area (Å²) in [6, 6.07) is 9.22. The summed E-state index contributed by atoms with van der Waals surface area (Å²) in [6.07, 6.45) is 3.42. The number of pyridine rings is 1. The van der Waals surface area contributed by atoms with Crippen LogP contribution in [0.15, 0.2) is 35.2 Å². The fourth-order valence-electron chi connectivity index (χ4n) is 3.36. The molecule has 150 valence electrons. The molecule has 2 aromatic rings. The number of benzene rings is 1. The van der Waals surface area contributed by atoms with Crippen LogP contribution in [0.25, 0.3) is 0 Å². The van der Waals surface area contributed by atoms with Crippen molar-refractivity contribution >= 4 is 41.0 Å². The van der Waals surface area contributed by atoms with Gasteiger partial charge in [0.2, 0.25) is 0 Å². The number of rotatable bonds is 4. The van der Waals surface area contributed by atoms with Crippen LogP contribution in [0.2, 0.25) is 5.02 Å². The molecule has 3 N–H and O–H groups in total. The molecule has 7 heteroatoms. The van der Waals surface area contributed by atoms with E-state index in [2.05, 4.69) is 31.0 Å². The van der Waals surface area contributed by atoms with E-state index in [1.807, 2.05) is 24.3 Å². The Hall–Kier alpha value is -1.76. The number of anilines is 2. The molecule has 0 bridgehead atoms. The molecule has 0 saturated carbocycles. The van der Waals surface area contributed by atoms with E-state index in [9.17, 15) is 4.79 Å². The molecule has 0 radical (unpaired) electrons.